The first-order chi connectivity index (χ1) is 11.9. The van der Waals surface area contributed by atoms with Gasteiger partial charge < -0.3 is 19.9 Å². The number of H-pyrrole nitrogens is 1. The maximum Gasteiger partial charge on any atom is 0.270 e. The Bertz CT molecular complexity index is 1100. The minimum Gasteiger partial charge on any atom is -0.508 e. The lowest BCUT2D eigenvalue weighted by Gasteiger charge is -2.00. The molecule has 0 saturated carbocycles. The minimum absolute atomic E-state index is 0.0325. The molecule has 8 nitrogen and oxygen atoms in total. The molecule has 1 aliphatic rings. The second-order valence-corrected chi connectivity index (χ2v) is 5.51. The number of benzene rings is 2. The predicted molar refractivity (Wildman–Crippen MR) is 87.7 cm³/mol. The number of carbonyl (C=O) groups is 1. The van der Waals surface area contributed by atoms with E-state index in [1.165, 1.54) is 24.3 Å². The monoisotopic (exact) mass is 338 g/mol. The maximum absolute atomic E-state index is 12.4. The SMILES string of the molecule is O=C1C(=Cc2c[nH]c3ccc([N+](=O)[O-])cc23)Oc2cc(O)cc(O)c21. The smallest absolute Gasteiger partial charge is 0.270 e. The van der Waals surface area contributed by atoms with Crippen molar-refractivity contribution in [3.8, 4) is 17.2 Å². The van der Waals surface area contributed by atoms with Crippen molar-refractivity contribution in [3.63, 3.8) is 0 Å². The minimum atomic E-state index is -0.535. The number of nitro groups is 1. The predicted octanol–water partition coefficient (Wildman–Crippen LogP) is 3.10. The molecule has 0 radical (unpaired) electrons. The summed E-state index contributed by atoms with van der Waals surface area (Å²) >= 11 is 0. The van der Waals surface area contributed by atoms with E-state index in [0.29, 0.717) is 16.5 Å². The van der Waals surface area contributed by atoms with Gasteiger partial charge in [0.2, 0.25) is 5.78 Å². The Hall–Kier alpha value is -3.81. The van der Waals surface area contributed by atoms with E-state index < -0.39 is 10.7 Å². The van der Waals surface area contributed by atoms with E-state index in [9.17, 15) is 25.1 Å². The number of hydrogen-bond acceptors (Lipinski definition) is 6. The number of hydrogen-bond donors (Lipinski definition) is 3. The average molecular weight is 338 g/mol. The van der Waals surface area contributed by atoms with Crippen LogP contribution in [0.25, 0.3) is 17.0 Å². The molecular formula is C17H10N2O6. The second-order valence-electron chi connectivity index (χ2n) is 5.51. The Morgan fingerprint density at radius 1 is 1.20 bits per heavy atom. The molecule has 0 spiro atoms. The molecule has 0 fully saturated rings. The van der Waals surface area contributed by atoms with Crippen molar-refractivity contribution in [2.75, 3.05) is 0 Å². The molecular weight excluding hydrogens is 328 g/mol. The molecule has 124 valence electrons. The third kappa shape index (κ3) is 2.27. The fraction of sp³-hybridized carbons (Fsp3) is 0. The zero-order valence-corrected chi connectivity index (χ0v) is 12.5. The van der Waals surface area contributed by atoms with Gasteiger partial charge in [0.1, 0.15) is 22.8 Å². The Morgan fingerprint density at radius 3 is 2.76 bits per heavy atom. The summed E-state index contributed by atoms with van der Waals surface area (Å²) in [6, 6.07) is 6.63. The van der Waals surface area contributed by atoms with E-state index >= 15 is 0 Å². The molecule has 4 rings (SSSR count). The summed E-state index contributed by atoms with van der Waals surface area (Å²) in [5.74, 6) is -1.14. The van der Waals surface area contributed by atoms with Crippen LogP contribution in [-0.2, 0) is 0 Å². The second kappa shape index (κ2) is 5.10. The number of non-ortho nitro benzene ring substituents is 1. The summed E-state index contributed by atoms with van der Waals surface area (Å²) < 4.78 is 5.42. The molecule has 0 unspecified atom stereocenters. The number of fused-ring (bicyclic) bond motifs is 2. The average Bonchev–Trinajstić information content (AvgIpc) is 3.09. The van der Waals surface area contributed by atoms with Gasteiger partial charge in [-0.2, -0.15) is 0 Å². The van der Waals surface area contributed by atoms with Crippen molar-refractivity contribution >= 4 is 28.4 Å². The van der Waals surface area contributed by atoms with Gasteiger partial charge in [0.05, 0.1) is 4.92 Å². The number of ether oxygens (including phenoxy) is 1. The number of allylic oxidation sites excluding steroid dienone is 1. The van der Waals surface area contributed by atoms with Crippen molar-refractivity contribution in [2.24, 2.45) is 0 Å². The number of phenolic OH excluding ortho intramolecular Hbond substituents is 2. The topological polar surface area (TPSA) is 126 Å². The van der Waals surface area contributed by atoms with Gasteiger partial charge in [-0.25, -0.2) is 0 Å². The molecule has 2 aromatic carbocycles. The van der Waals surface area contributed by atoms with Crippen LogP contribution in [0.1, 0.15) is 15.9 Å². The van der Waals surface area contributed by atoms with Crippen LogP contribution in [-0.4, -0.2) is 25.9 Å². The number of ketones is 1. The Morgan fingerprint density at radius 2 is 2.00 bits per heavy atom. The van der Waals surface area contributed by atoms with E-state index in [1.54, 1.807) is 12.3 Å². The first-order valence-corrected chi connectivity index (χ1v) is 7.20. The fourth-order valence-corrected chi connectivity index (χ4v) is 2.78. The summed E-state index contributed by atoms with van der Waals surface area (Å²) in [6.45, 7) is 0. The van der Waals surface area contributed by atoms with Gasteiger partial charge in [0, 0.05) is 46.9 Å². The van der Waals surface area contributed by atoms with Crippen molar-refractivity contribution < 1.29 is 24.7 Å². The molecule has 1 aliphatic heterocycles. The zero-order valence-electron chi connectivity index (χ0n) is 12.5. The van der Waals surface area contributed by atoms with Gasteiger partial charge in [-0.3, -0.25) is 14.9 Å². The number of carbonyl (C=O) groups excluding carboxylic acids is 1. The molecule has 0 aliphatic carbocycles. The van der Waals surface area contributed by atoms with Crippen LogP contribution in [0.4, 0.5) is 5.69 Å². The van der Waals surface area contributed by atoms with Gasteiger partial charge in [0.25, 0.3) is 5.69 Å². The van der Waals surface area contributed by atoms with Crippen molar-refractivity contribution in [1.82, 2.24) is 4.98 Å². The molecule has 2 heterocycles. The van der Waals surface area contributed by atoms with Gasteiger partial charge in [0.15, 0.2) is 5.76 Å². The van der Waals surface area contributed by atoms with Crippen LogP contribution in [0, 0.1) is 10.1 Å². The van der Waals surface area contributed by atoms with Crippen LogP contribution in [0.2, 0.25) is 0 Å². The first kappa shape index (κ1) is 14.8. The molecule has 3 aromatic rings. The quantitative estimate of drug-likeness (QED) is 0.374. The number of aromatic hydroxyl groups is 2. The van der Waals surface area contributed by atoms with E-state index in [-0.39, 0.29) is 34.3 Å². The maximum atomic E-state index is 12.4. The van der Waals surface area contributed by atoms with Gasteiger partial charge in [-0.1, -0.05) is 0 Å². The highest BCUT2D eigenvalue weighted by Crippen LogP contribution is 2.41. The number of aromatic nitrogens is 1. The zero-order chi connectivity index (χ0) is 17.7. The van der Waals surface area contributed by atoms with Crippen LogP contribution in [0.5, 0.6) is 17.2 Å². The van der Waals surface area contributed by atoms with Crippen molar-refractivity contribution in [3.05, 3.63) is 63.5 Å². The number of nitrogens with zero attached hydrogens (tertiary/aromatic N) is 1. The lowest BCUT2D eigenvalue weighted by atomic mass is 10.1. The number of rotatable bonds is 2. The molecule has 1 aromatic heterocycles. The van der Waals surface area contributed by atoms with E-state index in [1.807, 2.05) is 0 Å². The lowest BCUT2D eigenvalue weighted by molar-refractivity contribution is -0.384. The summed E-state index contributed by atoms with van der Waals surface area (Å²) in [6.07, 6.45) is 3.03. The van der Waals surface area contributed by atoms with Gasteiger partial charge >= 0.3 is 0 Å². The third-order valence-electron chi connectivity index (χ3n) is 3.93. The molecule has 0 atom stereocenters. The largest absolute Gasteiger partial charge is 0.508 e. The van der Waals surface area contributed by atoms with E-state index in [2.05, 4.69) is 4.98 Å². The standard InChI is InChI=1S/C17H10N2O6/c20-10-5-13(21)16-14(6-10)25-15(17(16)22)3-8-7-18-12-2-1-9(19(23)24)4-11(8)12/h1-7,18,20-21H. The molecule has 0 amide bonds. The first-order valence-electron chi connectivity index (χ1n) is 7.20. The van der Waals surface area contributed by atoms with Gasteiger partial charge in [-0.15, -0.1) is 0 Å². The molecule has 0 saturated heterocycles. The highest BCUT2D eigenvalue weighted by molar-refractivity contribution is 6.16. The van der Waals surface area contributed by atoms with Gasteiger partial charge in [-0.05, 0) is 12.1 Å². The summed E-state index contributed by atoms with van der Waals surface area (Å²) in [5, 5.41) is 30.8. The molecule has 8 heteroatoms. The number of nitro benzene ring substituents is 1. The molecule has 0 bridgehead atoms. The number of phenols is 2. The Kier molecular flexibility index (Phi) is 3.01. The third-order valence-corrected chi connectivity index (χ3v) is 3.93. The molecule has 3 N–H and O–H groups in total. The van der Waals surface area contributed by atoms with Crippen molar-refractivity contribution in [1.29, 1.82) is 0 Å². The number of aromatic amines is 1. The number of nitrogens with one attached hydrogen (secondary N) is 1. The fourth-order valence-electron chi connectivity index (χ4n) is 2.78. The summed E-state index contributed by atoms with van der Waals surface area (Å²) in [5.41, 5.74) is 1.09. The van der Waals surface area contributed by atoms with Crippen molar-refractivity contribution in [2.45, 2.75) is 0 Å². The van der Waals surface area contributed by atoms with E-state index in [4.69, 9.17) is 4.74 Å². The Balaban J connectivity index is 1.81. The van der Waals surface area contributed by atoms with Crippen LogP contribution >= 0.6 is 0 Å². The van der Waals surface area contributed by atoms with Crippen LogP contribution in [0.15, 0.2) is 42.3 Å². The summed E-state index contributed by atoms with van der Waals surface area (Å²) in [4.78, 5) is 25.8. The lowest BCUT2D eigenvalue weighted by Crippen LogP contribution is -1.98. The van der Waals surface area contributed by atoms with Crippen LogP contribution in [0.3, 0.4) is 0 Å². The van der Waals surface area contributed by atoms with E-state index in [0.717, 1.165) is 6.07 Å². The normalized spacial score (nSPS) is 14.7. The summed E-state index contributed by atoms with van der Waals surface area (Å²) in [7, 11) is 0. The number of Topliss-reactive ketones (excluding diaryl/α,β-unsaturated/α-hetero) is 1. The highest BCUT2D eigenvalue weighted by Gasteiger charge is 2.31. The Labute approximate surface area is 139 Å². The highest BCUT2D eigenvalue weighted by atomic mass is 16.6. The molecule has 25 heavy (non-hydrogen) atoms. The van der Waals surface area contributed by atoms with Crippen LogP contribution < -0.4 is 4.74 Å².